The van der Waals surface area contributed by atoms with Crippen molar-refractivity contribution in [1.29, 1.82) is 0 Å². The van der Waals surface area contributed by atoms with E-state index < -0.39 is 6.45 Å². The Morgan fingerprint density at radius 2 is 0.923 bits per heavy atom. The molecule has 0 aromatic heterocycles. The molecule has 0 saturated carbocycles. The fraction of sp³-hybridized carbons (Fsp3) is 1.00. The van der Waals surface area contributed by atoms with Gasteiger partial charge in [0.15, 0.2) is 0 Å². The number of hydrogen-bond donors (Lipinski definition) is 0. The van der Waals surface area contributed by atoms with E-state index in [1.165, 1.54) is 0 Å². The first kappa shape index (κ1) is 11.0. The van der Waals surface area contributed by atoms with Crippen molar-refractivity contribution < 1.29 is 15.6 Å². The average Bonchev–Trinajstić information content (AvgIpc) is 1.76. The minimum Gasteiger partial charge on any atom is -0.327 e. The van der Waals surface area contributed by atoms with Crippen LogP contribution in [0.3, 0.4) is 0 Å². The van der Waals surface area contributed by atoms with Gasteiger partial charge in [0.1, 0.15) is 1.37 Å². The van der Waals surface area contributed by atoms with Gasteiger partial charge in [0.05, 0.1) is 18.3 Å². The molecule has 0 bridgehead atoms. The van der Waals surface area contributed by atoms with Crippen LogP contribution in [0, 0.1) is 0 Å². The van der Waals surface area contributed by atoms with E-state index in [9.17, 15) is 0 Å². The molecule has 0 aliphatic carbocycles. The van der Waals surface area contributed by atoms with Gasteiger partial charge in [-0.05, 0) is 41.5 Å². The highest BCUT2D eigenvalue weighted by Crippen LogP contribution is 2.07. The number of hydrogen-bond acceptors (Lipinski definition) is 3. The molecule has 0 N–H and O–H groups in total. The van der Waals surface area contributed by atoms with Crippen LogP contribution in [-0.4, -0.2) is 24.8 Å². The fourth-order valence-corrected chi connectivity index (χ4v) is 0.661. The van der Waals surface area contributed by atoms with Gasteiger partial charge < -0.3 is 14.2 Å². The molecular weight excluding hydrogens is 168 g/mol. The smallest absolute Gasteiger partial charge is 0.272 e. The largest absolute Gasteiger partial charge is 0.327 e. The summed E-state index contributed by atoms with van der Waals surface area (Å²) in [7, 11) is 0. The van der Waals surface area contributed by atoms with Gasteiger partial charge in [0, 0.05) is 0 Å². The van der Waals surface area contributed by atoms with E-state index in [0.717, 1.165) is 0 Å². The van der Waals surface area contributed by atoms with Crippen molar-refractivity contribution in [2.24, 2.45) is 0 Å². The molecule has 3 nitrogen and oxygen atoms in total. The first-order valence-corrected chi connectivity index (χ1v) is 4.78. The molecule has 3 heteroatoms. The van der Waals surface area contributed by atoms with Crippen LogP contribution in [0.15, 0.2) is 0 Å². The summed E-state index contributed by atoms with van der Waals surface area (Å²) < 4.78 is 23.7. The van der Waals surface area contributed by atoms with Crippen molar-refractivity contribution in [3.8, 4) is 0 Å². The van der Waals surface area contributed by atoms with Crippen LogP contribution in [0.4, 0.5) is 0 Å². The lowest BCUT2D eigenvalue weighted by Gasteiger charge is -2.24. The SMILES string of the molecule is [2H]C(OC(C)C)(OC(C)C)OC(C)C. The molecular formula is C10H22O3. The monoisotopic (exact) mass is 191 g/mol. The third-order valence-corrected chi connectivity index (χ3v) is 0.996. The lowest BCUT2D eigenvalue weighted by atomic mass is 10.5. The zero-order chi connectivity index (χ0) is 11.4. The van der Waals surface area contributed by atoms with Crippen molar-refractivity contribution in [2.45, 2.75) is 66.3 Å². The van der Waals surface area contributed by atoms with E-state index in [0.29, 0.717) is 0 Å². The lowest BCUT2D eigenvalue weighted by Crippen LogP contribution is -2.29. The molecule has 0 aromatic rings. The van der Waals surface area contributed by atoms with Crippen LogP contribution in [0.2, 0.25) is 0 Å². The molecule has 0 unspecified atom stereocenters. The topological polar surface area (TPSA) is 27.7 Å². The van der Waals surface area contributed by atoms with Gasteiger partial charge in [-0.25, -0.2) is 0 Å². The Kier molecular flexibility index (Phi) is 5.35. The van der Waals surface area contributed by atoms with Crippen molar-refractivity contribution in [2.75, 3.05) is 0 Å². The first-order chi connectivity index (χ1) is 6.25. The van der Waals surface area contributed by atoms with Crippen LogP contribution in [-0.2, 0) is 14.2 Å². The van der Waals surface area contributed by atoms with Gasteiger partial charge in [-0.2, -0.15) is 0 Å². The average molecular weight is 191 g/mol. The number of rotatable bonds is 6. The highest BCUT2D eigenvalue weighted by Gasteiger charge is 2.15. The zero-order valence-electron chi connectivity index (χ0n) is 10.5. The Morgan fingerprint density at radius 1 is 0.692 bits per heavy atom. The Labute approximate surface area is 82.8 Å². The molecule has 0 heterocycles. The van der Waals surface area contributed by atoms with Gasteiger partial charge >= 0.3 is 0 Å². The van der Waals surface area contributed by atoms with E-state index in [1.54, 1.807) is 0 Å². The van der Waals surface area contributed by atoms with Crippen LogP contribution >= 0.6 is 0 Å². The van der Waals surface area contributed by atoms with Gasteiger partial charge in [0.2, 0.25) is 0 Å². The third kappa shape index (κ3) is 8.22. The second-order valence-corrected chi connectivity index (χ2v) is 3.75. The molecule has 80 valence electrons. The first-order valence-electron chi connectivity index (χ1n) is 5.28. The highest BCUT2D eigenvalue weighted by molar-refractivity contribution is 4.43. The predicted molar refractivity (Wildman–Crippen MR) is 52.5 cm³/mol. The third-order valence-electron chi connectivity index (χ3n) is 0.996. The van der Waals surface area contributed by atoms with Crippen molar-refractivity contribution in [1.82, 2.24) is 0 Å². The lowest BCUT2D eigenvalue weighted by molar-refractivity contribution is -0.322. The van der Waals surface area contributed by atoms with Gasteiger partial charge in [0.25, 0.3) is 6.45 Å². The molecule has 0 radical (unpaired) electrons. The number of ether oxygens (including phenoxy) is 3. The summed E-state index contributed by atoms with van der Waals surface area (Å²) in [5, 5.41) is 0. The summed E-state index contributed by atoms with van der Waals surface area (Å²) in [5.74, 6) is 0. The molecule has 0 fully saturated rings. The van der Waals surface area contributed by atoms with E-state index in [2.05, 4.69) is 0 Å². The van der Waals surface area contributed by atoms with Gasteiger partial charge in [-0.1, -0.05) is 0 Å². The Morgan fingerprint density at radius 3 is 1.08 bits per heavy atom. The fourth-order valence-electron chi connectivity index (χ4n) is 0.661. The standard InChI is InChI=1S/C10H22O3/c1-7(2)11-10(12-8(3)4)13-9(5)6/h7-10H,1-6H3/i10D. The molecule has 0 atom stereocenters. The Bertz CT molecular complexity index is 131. The summed E-state index contributed by atoms with van der Waals surface area (Å²) in [6, 6.07) is 0. The molecule has 0 rings (SSSR count). The molecule has 0 amide bonds. The van der Waals surface area contributed by atoms with Crippen LogP contribution < -0.4 is 0 Å². The molecule has 0 aliphatic rings. The Balaban J connectivity index is 4.32. The molecule has 0 spiro atoms. The maximum atomic E-state index is 7.85. The normalized spacial score (nSPS) is 14.4. The van der Waals surface area contributed by atoms with Gasteiger partial charge in [-0.15, -0.1) is 0 Å². The van der Waals surface area contributed by atoms with E-state index in [1.807, 2.05) is 41.5 Å². The molecule has 0 saturated heterocycles. The summed E-state index contributed by atoms with van der Waals surface area (Å²) in [4.78, 5) is 0. The molecule has 0 aromatic carbocycles. The second kappa shape index (κ2) is 6.35. The maximum absolute atomic E-state index is 7.85. The second-order valence-electron chi connectivity index (χ2n) is 3.75. The zero-order valence-corrected chi connectivity index (χ0v) is 9.46. The van der Waals surface area contributed by atoms with Crippen molar-refractivity contribution >= 4 is 0 Å². The van der Waals surface area contributed by atoms with Gasteiger partial charge in [-0.3, -0.25) is 0 Å². The molecule has 0 aliphatic heterocycles. The van der Waals surface area contributed by atoms with E-state index >= 15 is 0 Å². The predicted octanol–water partition coefficient (Wildman–Crippen LogP) is 2.55. The Hall–Kier alpha value is -0.120. The summed E-state index contributed by atoms with van der Waals surface area (Å²) in [6.45, 7) is 9.38. The summed E-state index contributed by atoms with van der Waals surface area (Å²) >= 11 is 0. The van der Waals surface area contributed by atoms with Crippen LogP contribution in [0.1, 0.15) is 42.9 Å². The quantitative estimate of drug-likeness (QED) is 0.604. The maximum Gasteiger partial charge on any atom is 0.272 e. The van der Waals surface area contributed by atoms with Crippen molar-refractivity contribution in [3.63, 3.8) is 0 Å². The summed E-state index contributed by atoms with van der Waals surface area (Å²) in [6.07, 6.45) is -0.319. The van der Waals surface area contributed by atoms with E-state index in [4.69, 9.17) is 15.6 Å². The summed E-state index contributed by atoms with van der Waals surface area (Å²) in [5.41, 5.74) is 0. The minimum atomic E-state index is -1.68. The highest BCUT2D eigenvalue weighted by atomic mass is 16.8. The van der Waals surface area contributed by atoms with Crippen LogP contribution in [0.5, 0.6) is 0 Å². The van der Waals surface area contributed by atoms with Crippen molar-refractivity contribution in [3.05, 3.63) is 0 Å². The van der Waals surface area contributed by atoms with Crippen LogP contribution in [0.25, 0.3) is 0 Å². The molecule has 13 heavy (non-hydrogen) atoms. The minimum absolute atomic E-state index is 0.106. The van der Waals surface area contributed by atoms with E-state index in [-0.39, 0.29) is 18.3 Å².